The molecule has 3 aromatic rings. The molecule has 0 amide bonds. The molecule has 0 saturated heterocycles. The molecule has 0 aliphatic heterocycles. The number of nitrogens with one attached hydrogen (secondary N) is 2. The Morgan fingerprint density at radius 2 is 2.12 bits per heavy atom. The van der Waals surface area contributed by atoms with Gasteiger partial charge < -0.3 is 9.97 Å². The first kappa shape index (κ1) is 9.21. The quantitative estimate of drug-likeness (QED) is 0.523. The fourth-order valence-corrected chi connectivity index (χ4v) is 2.01. The average Bonchev–Trinajstić information content (AvgIpc) is 2.63. The van der Waals surface area contributed by atoms with Gasteiger partial charge in [-0.1, -0.05) is 0 Å². The second kappa shape index (κ2) is 2.98. The SMILES string of the molecule is Bc1c[nH]c(=O)c2c1[nH]c1ccc(F)cc12. The van der Waals surface area contributed by atoms with Crippen LogP contribution in [0.2, 0.25) is 0 Å². The molecule has 0 bridgehead atoms. The summed E-state index contributed by atoms with van der Waals surface area (Å²) in [6.45, 7) is 0. The summed E-state index contributed by atoms with van der Waals surface area (Å²) in [7, 11) is 1.89. The van der Waals surface area contributed by atoms with Crippen molar-refractivity contribution in [1.82, 2.24) is 9.97 Å². The normalized spacial score (nSPS) is 11.3. The Bertz CT molecular complexity index is 760. The van der Waals surface area contributed by atoms with Gasteiger partial charge in [0.15, 0.2) is 0 Å². The van der Waals surface area contributed by atoms with E-state index in [1.165, 1.54) is 12.1 Å². The van der Waals surface area contributed by atoms with Crippen LogP contribution in [-0.4, -0.2) is 17.8 Å². The molecule has 0 radical (unpaired) electrons. The smallest absolute Gasteiger partial charge is 0.257 e. The molecule has 78 valence electrons. The largest absolute Gasteiger partial charge is 0.355 e. The Morgan fingerprint density at radius 3 is 2.94 bits per heavy atom. The fourth-order valence-electron chi connectivity index (χ4n) is 2.01. The van der Waals surface area contributed by atoms with Gasteiger partial charge >= 0.3 is 0 Å². The van der Waals surface area contributed by atoms with E-state index in [-0.39, 0.29) is 11.4 Å². The van der Waals surface area contributed by atoms with Crippen LogP contribution in [0.25, 0.3) is 21.8 Å². The molecule has 2 N–H and O–H groups in total. The van der Waals surface area contributed by atoms with Crippen molar-refractivity contribution in [3.63, 3.8) is 0 Å². The summed E-state index contributed by atoms with van der Waals surface area (Å²) in [5.41, 5.74) is 2.28. The van der Waals surface area contributed by atoms with Gasteiger partial charge in [-0.25, -0.2) is 4.39 Å². The lowest BCUT2D eigenvalue weighted by molar-refractivity contribution is 0.630. The molecule has 5 heteroatoms. The molecule has 0 aliphatic carbocycles. The number of hydrogen-bond donors (Lipinski definition) is 2. The fraction of sp³-hybridized carbons (Fsp3) is 0. The van der Waals surface area contributed by atoms with Crippen LogP contribution in [-0.2, 0) is 0 Å². The van der Waals surface area contributed by atoms with Crippen LogP contribution in [0, 0.1) is 5.82 Å². The first-order valence-electron chi connectivity index (χ1n) is 4.96. The second-order valence-corrected chi connectivity index (χ2v) is 3.87. The van der Waals surface area contributed by atoms with E-state index in [1.807, 2.05) is 7.85 Å². The van der Waals surface area contributed by atoms with Crippen LogP contribution in [0.4, 0.5) is 4.39 Å². The van der Waals surface area contributed by atoms with E-state index in [4.69, 9.17) is 0 Å². The van der Waals surface area contributed by atoms with Crippen LogP contribution < -0.4 is 11.0 Å². The van der Waals surface area contributed by atoms with Crippen molar-refractivity contribution in [1.29, 1.82) is 0 Å². The number of H-pyrrole nitrogens is 2. The van der Waals surface area contributed by atoms with E-state index < -0.39 is 0 Å². The maximum absolute atomic E-state index is 13.1. The first-order chi connectivity index (χ1) is 7.66. The minimum Gasteiger partial charge on any atom is -0.355 e. The van der Waals surface area contributed by atoms with Crippen molar-refractivity contribution in [2.24, 2.45) is 0 Å². The third kappa shape index (κ3) is 1.11. The molecular weight excluding hydrogens is 206 g/mol. The van der Waals surface area contributed by atoms with Gasteiger partial charge in [0.1, 0.15) is 13.7 Å². The van der Waals surface area contributed by atoms with Crippen molar-refractivity contribution < 1.29 is 4.39 Å². The predicted molar refractivity (Wildman–Crippen MR) is 64.6 cm³/mol. The lowest BCUT2D eigenvalue weighted by Crippen LogP contribution is -2.14. The van der Waals surface area contributed by atoms with Gasteiger partial charge in [-0.05, 0) is 29.9 Å². The van der Waals surface area contributed by atoms with Gasteiger partial charge in [-0.3, -0.25) is 4.79 Å². The summed E-state index contributed by atoms with van der Waals surface area (Å²) in [5.74, 6) is -0.339. The number of hydrogen-bond acceptors (Lipinski definition) is 1. The molecule has 1 aromatic carbocycles. The van der Waals surface area contributed by atoms with E-state index in [0.29, 0.717) is 10.8 Å². The minimum atomic E-state index is -0.339. The summed E-state index contributed by atoms with van der Waals surface area (Å²) in [5, 5.41) is 1.15. The molecule has 16 heavy (non-hydrogen) atoms. The Morgan fingerprint density at radius 1 is 1.31 bits per heavy atom. The van der Waals surface area contributed by atoms with Crippen LogP contribution >= 0.6 is 0 Å². The summed E-state index contributed by atoms with van der Waals surface area (Å²) in [4.78, 5) is 17.5. The van der Waals surface area contributed by atoms with E-state index >= 15 is 0 Å². The Labute approximate surface area is 90.7 Å². The van der Waals surface area contributed by atoms with E-state index in [1.54, 1.807) is 12.3 Å². The first-order valence-corrected chi connectivity index (χ1v) is 4.96. The topological polar surface area (TPSA) is 48.6 Å². The lowest BCUT2D eigenvalue weighted by atomic mass is 9.96. The lowest BCUT2D eigenvalue weighted by Gasteiger charge is -1.94. The standard InChI is InChI=1S/C11H8BFN2O/c12-7-4-14-11(16)9-6-3-5(13)1-2-8(6)15-10(7)9/h1-4,15H,12H2,(H,14,16). The number of halogens is 1. The Kier molecular flexibility index (Phi) is 1.71. The van der Waals surface area contributed by atoms with Gasteiger partial charge in [-0.15, -0.1) is 0 Å². The number of rotatable bonds is 0. The highest BCUT2D eigenvalue weighted by Gasteiger charge is 2.09. The highest BCUT2D eigenvalue weighted by molar-refractivity contribution is 6.39. The van der Waals surface area contributed by atoms with Gasteiger partial charge in [0.05, 0.1) is 5.39 Å². The van der Waals surface area contributed by atoms with Crippen LogP contribution in [0.15, 0.2) is 29.2 Å². The van der Waals surface area contributed by atoms with Crippen molar-refractivity contribution in [2.75, 3.05) is 0 Å². The Balaban J connectivity index is 2.68. The van der Waals surface area contributed by atoms with Crippen molar-refractivity contribution in [2.45, 2.75) is 0 Å². The number of pyridine rings is 1. The number of fused-ring (bicyclic) bond motifs is 3. The summed E-state index contributed by atoms with van der Waals surface area (Å²) in [6, 6.07) is 4.40. The van der Waals surface area contributed by atoms with Gasteiger partial charge in [0.25, 0.3) is 5.56 Å². The van der Waals surface area contributed by atoms with E-state index in [0.717, 1.165) is 16.5 Å². The van der Waals surface area contributed by atoms with Gasteiger partial charge in [0, 0.05) is 16.4 Å². The van der Waals surface area contributed by atoms with Crippen LogP contribution in [0.3, 0.4) is 0 Å². The predicted octanol–water partition coefficient (Wildman–Crippen LogP) is 0.407. The molecule has 0 spiro atoms. The van der Waals surface area contributed by atoms with Gasteiger partial charge in [0.2, 0.25) is 0 Å². The monoisotopic (exact) mass is 214 g/mol. The van der Waals surface area contributed by atoms with Crippen molar-refractivity contribution in [3.05, 3.63) is 40.6 Å². The number of benzene rings is 1. The molecule has 0 saturated carbocycles. The van der Waals surface area contributed by atoms with E-state index in [9.17, 15) is 9.18 Å². The van der Waals surface area contributed by atoms with Crippen LogP contribution in [0.5, 0.6) is 0 Å². The summed E-state index contributed by atoms with van der Waals surface area (Å²) in [6.07, 6.45) is 1.65. The molecule has 3 nitrogen and oxygen atoms in total. The zero-order chi connectivity index (χ0) is 11.3. The molecular formula is C11H8BFN2O. The van der Waals surface area contributed by atoms with Crippen molar-refractivity contribution >= 4 is 35.1 Å². The molecule has 0 aliphatic rings. The third-order valence-corrected chi connectivity index (χ3v) is 2.80. The molecule has 0 unspecified atom stereocenters. The number of aromatic amines is 2. The molecule has 2 heterocycles. The summed E-state index contributed by atoms with van der Waals surface area (Å²) >= 11 is 0. The second-order valence-electron chi connectivity index (χ2n) is 3.87. The molecule has 0 fully saturated rings. The molecule has 0 atom stereocenters. The van der Waals surface area contributed by atoms with Gasteiger partial charge in [-0.2, -0.15) is 0 Å². The third-order valence-electron chi connectivity index (χ3n) is 2.80. The van der Waals surface area contributed by atoms with E-state index in [2.05, 4.69) is 9.97 Å². The maximum atomic E-state index is 13.1. The molecule has 3 rings (SSSR count). The highest BCUT2D eigenvalue weighted by atomic mass is 19.1. The maximum Gasteiger partial charge on any atom is 0.257 e. The summed E-state index contributed by atoms with van der Waals surface area (Å²) < 4.78 is 13.1. The molecule has 2 aromatic heterocycles. The minimum absolute atomic E-state index is 0.197. The Hall–Kier alpha value is -2.04. The zero-order valence-corrected chi connectivity index (χ0v) is 8.60. The van der Waals surface area contributed by atoms with Crippen molar-refractivity contribution in [3.8, 4) is 0 Å². The van der Waals surface area contributed by atoms with Crippen LogP contribution in [0.1, 0.15) is 0 Å². The average molecular weight is 214 g/mol. The highest BCUT2D eigenvalue weighted by Crippen LogP contribution is 2.21. The zero-order valence-electron chi connectivity index (χ0n) is 8.60. The number of aromatic nitrogens is 2.